The summed E-state index contributed by atoms with van der Waals surface area (Å²) in [5.41, 5.74) is 5.46. The van der Waals surface area contributed by atoms with E-state index in [4.69, 9.17) is 21.8 Å². The summed E-state index contributed by atoms with van der Waals surface area (Å²) in [6.45, 7) is 0. The number of anilines is 1. The summed E-state index contributed by atoms with van der Waals surface area (Å²) in [5.74, 6) is 1.76. The molecule has 0 fully saturated rings. The minimum atomic E-state index is 0.223. The van der Waals surface area contributed by atoms with Gasteiger partial charge in [0.05, 0.1) is 23.2 Å². The Hall–Kier alpha value is -1.20. The van der Waals surface area contributed by atoms with Gasteiger partial charge in [-0.1, -0.05) is 23.4 Å². The van der Waals surface area contributed by atoms with Crippen LogP contribution in [0.15, 0.2) is 34.0 Å². The summed E-state index contributed by atoms with van der Waals surface area (Å²) in [4.78, 5) is 7.81. The van der Waals surface area contributed by atoms with Crippen LogP contribution in [0.4, 0.5) is 5.95 Å². The quantitative estimate of drug-likeness (QED) is 0.661. The molecule has 0 aliphatic rings. The number of aromatic nitrogens is 2. The molecule has 0 spiro atoms. The number of thioether (sulfide) groups is 1. The van der Waals surface area contributed by atoms with Gasteiger partial charge < -0.3 is 10.2 Å². The molecule has 15 heavy (non-hydrogen) atoms. The van der Waals surface area contributed by atoms with E-state index in [1.54, 1.807) is 6.26 Å². The maximum atomic E-state index is 5.90. The third kappa shape index (κ3) is 2.64. The first-order valence-electron chi connectivity index (χ1n) is 4.19. The molecule has 0 aliphatic carbocycles. The Labute approximate surface area is 95.9 Å². The lowest BCUT2D eigenvalue weighted by Gasteiger charge is -2.01. The van der Waals surface area contributed by atoms with Gasteiger partial charge in [-0.25, -0.2) is 9.97 Å². The molecule has 0 unspecified atom stereocenters. The second-order valence-corrected chi connectivity index (χ2v) is 4.12. The van der Waals surface area contributed by atoms with Crippen LogP contribution in [-0.4, -0.2) is 9.97 Å². The predicted molar refractivity (Wildman–Crippen MR) is 59.7 cm³/mol. The zero-order chi connectivity index (χ0) is 10.7. The van der Waals surface area contributed by atoms with E-state index in [1.807, 2.05) is 12.1 Å². The molecule has 0 atom stereocenters. The van der Waals surface area contributed by atoms with Crippen LogP contribution >= 0.6 is 23.4 Å². The third-order valence-electron chi connectivity index (χ3n) is 1.66. The molecule has 0 saturated heterocycles. The number of rotatable bonds is 3. The Morgan fingerprint density at radius 2 is 2.40 bits per heavy atom. The van der Waals surface area contributed by atoms with Crippen LogP contribution in [-0.2, 0) is 5.75 Å². The molecular weight excluding hydrogens is 234 g/mol. The molecule has 2 N–H and O–H groups in total. The zero-order valence-corrected chi connectivity index (χ0v) is 9.26. The van der Waals surface area contributed by atoms with Crippen LogP contribution in [0.25, 0.3) is 0 Å². The van der Waals surface area contributed by atoms with Crippen molar-refractivity contribution in [1.82, 2.24) is 9.97 Å². The van der Waals surface area contributed by atoms with Gasteiger partial charge in [0.2, 0.25) is 5.95 Å². The van der Waals surface area contributed by atoms with E-state index in [0.717, 1.165) is 5.76 Å². The van der Waals surface area contributed by atoms with Crippen LogP contribution in [0.1, 0.15) is 5.76 Å². The number of hydrogen-bond donors (Lipinski definition) is 1. The van der Waals surface area contributed by atoms with Gasteiger partial charge in [0.25, 0.3) is 0 Å². The van der Waals surface area contributed by atoms with Crippen molar-refractivity contribution in [3.63, 3.8) is 0 Å². The molecule has 0 radical (unpaired) electrons. The first-order chi connectivity index (χ1) is 7.25. The Morgan fingerprint density at radius 1 is 1.53 bits per heavy atom. The average Bonchev–Trinajstić information content (AvgIpc) is 2.72. The highest BCUT2D eigenvalue weighted by Gasteiger charge is 2.05. The second-order valence-electron chi connectivity index (χ2n) is 2.75. The maximum Gasteiger partial charge on any atom is 0.221 e. The Bertz CT molecular complexity index is 447. The van der Waals surface area contributed by atoms with Crippen LogP contribution in [0.2, 0.25) is 5.02 Å². The molecule has 2 aromatic heterocycles. The summed E-state index contributed by atoms with van der Waals surface area (Å²) >= 11 is 7.37. The van der Waals surface area contributed by atoms with E-state index in [0.29, 0.717) is 15.8 Å². The molecule has 0 saturated carbocycles. The lowest BCUT2D eigenvalue weighted by molar-refractivity contribution is 0.530. The minimum absolute atomic E-state index is 0.223. The molecule has 0 bridgehead atoms. The topological polar surface area (TPSA) is 64.9 Å². The highest BCUT2D eigenvalue weighted by Crippen LogP contribution is 2.27. The monoisotopic (exact) mass is 241 g/mol. The summed E-state index contributed by atoms with van der Waals surface area (Å²) in [5, 5.41) is 1.17. The van der Waals surface area contributed by atoms with E-state index >= 15 is 0 Å². The molecule has 0 aromatic carbocycles. The van der Waals surface area contributed by atoms with E-state index in [9.17, 15) is 0 Å². The molecule has 78 valence electrons. The van der Waals surface area contributed by atoms with Crippen LogP contribution < -0.4 is 5.73 Å². The summed E-state index contributed by atoms with van der Waals surface area (Å²) in [6.07, 6.45) is 3.13. The van der Waals surface area contributed by atoms with Crippen LogP contribution in [0.3, 0.4) is 0 Å². The Kier molecular flexibility index (Phi) is 3.13. The maximum absolute atomic E-state index is 5.90. The van der Waals surface area contributed by atoms with Crippen LogP contribution in [0.5, 0.6) is 0 Å². The van der Waals surface area contributed by atoms with Crippen molar-refractivity contribution >= 4 is 29.3 Å². The molecule has 0 amide bonds. The van der Waals surface area contributed by atoms with Crippen molar-refractivity contribution in [3.8, 4) is 0 Å². The SMILES string of the molecule is Nc1ncc(Cl)c(SCc2ccco2)n1. The van der Waals surface area contributed by atoms with Crippen molar-refractivity contribution in [1.29, 1.82) is 0 Å². The molecule has 2 aromatic rings. The largest absolute Gasteiger partial charge is 0.468 e. The minimum Gasteiger partial charge on any atom is -0.468 e. The number of furan rings is 1. The normalized spacial score (nSPS) is 10.5. The number of nitrogens with zero attached hydrogens (tertiary/aromatic N) is 2. The molecule has 2 heterocycles. The van der Waals surface area contributed by atoms with Gasteiger partial charge in [0.1, 0.15) is 10.8 Å². The number of nitrogens with two attached hydrogens (primary N) is 1. The first-order valence-corrected chi connectivity index (χ1v) is 5.55. The van der Waals surface area contributed by atoms with Gasteiger partial charge in [-0.3, -0.25) is 0 Å². The fourth-order valence-electron chi connectivity index (χ4n) is 1.000. The molecule has 2 rings (SSSR count). The first kappa shape index (κ1) is 10.3. The van der Waals surface area contributed by atoms with Gasteiger partial charge in [0.15, 0.2) is 0 Å². The average molecular weight is 242 g/mol. The van der Waals surface area contributed by atoms with E-state index in [2.05, 4.69) is 9.97 Å². The van der Waals surface area contributed by atoms with Gasteiger partial charge in [-0.2, -0.15) is 0 Å². The van der Waals surface area contributed by atoms with E-state index in [1.165, 1.54) is 18.0 Å². The standard InChI is InChI=1S/C9H8ClN3OS/c10-7-4-12-9(11)13-8(7)15-5-6-2-1-3-14-6/h1-4H,5H2,(H2,11,12,13). The molecular formula is C9H8ClN3OS. The lowest BCUT2D eigenvalue weighted by atomic mass is 10.5. The van der Waals surface area contributed by atoms with Crippen LogP contribution in [0, 0.1) is 0 Å². The van der Waals surface area contributed by atoms with Crippen molar-refractivity contribution in [2.24, 2.45) is 0 Å². The molecule has 6 heteroatoms. The number of nitrogen functional groups attached to an aromatic ring is 1. The fourth-order valence-corrected chi connectivity index (χ4v) is 2.05. The summed E-state index contributed by atoms with van der Waals surface area (Å²) in [7, 11) is 0. The number of halogens is 1. The number of hydrogen-bond acceptors (Lipinski definition) is 5. The van der Waals surface area contributed by atoms with Gasteiger partial charge in [-0.15, -0.1) is 0 Å². The van der Waals surface area contributed by atoms with Crippen molar-refractivity contribution in [2.45, 2.75) is 10.8 Å². The van der Waals surface area contributed by atoms with Crippen molar-refractivity contribution in [3.05, 3.63) is 35.4 Å². The van der Waals surface area contributed by atoms with Crippen molar-refractivity contribution < 1.29 is 4.42 Å². The summed E-state index contributed by atoms with van der Waals surface area (Å²) < 4.78 is 5.19. The lowest BCUT2D eigenvalue weighted by Crippen LogP contribution is -1.95. The zero-order valence-electron chi connectivity index (χ0n) is 7.68. The fraction of sp³-hybridized carbons (Fsp3) is 0.111. The van der Waals surface area contributed by atoms with E-state index in [-0.39, 0.29) is 5.95 Å². The predicted octanol–water partition coefficient (Wildman–Crippen LogP) is 2.60. The van der Waals surface area contributed by atoms with Gasteiger partial charge in [0, 0.05) is 0 Å². The van der Waals surface area contributed by atoms with Gasteiger partial charge >= 0.3 is 0 Å². The van der Waals surface area contributed by atoms with E-state index < -0.39 is 0 Å². The highest BCUT2D eigenvalue weighted by atomic mass is 35.5. The molecule has 4 nitrogen and oxygen atoms in total. The smallest absolute Gasteiger partial charge is 0.221 e. The van der Waals surface area contributed by atoms with Gasteiger partial charge in [-0.05, 0) is 12.1 Å². The highest BCUT2D eigenvalue weighted by molar-refractivity contribution is 7.98. The second kappa shape index (κ2) is 4.55. The Balaban J connectivity index is 2.07. The summed E-state index contributed by atoms with van der Waals surface area (Å²) in [6, 6.07) is 3.73. The molecule has 0 aliphatic heterocycles. The third-order valence-corrected chi connectivity index (χ3v) is 3.06. The van der Waals surface area contributed by atoms with Crippen molar-refractivity contribution in [2.75, 3.05) is 5.73 Å². The Morgan fingerprint density at radius 3 is 3.13 bits per heavy atom.